The fraction of sp³-hybridized carbons (Fsp3) is 0.233. The maximum Gasteiger partial charge on any atom is 0.326 e. The van der Waals surface area contributed by atoms with Crippen molar-refractivity contribution in [2.45, 2.75) is 39.8 Å². The van der Waals surface area contributed by atoms with E-state index in [0.717, 1.165) is 49.1 Å². The van der Waals surface area contributed by atoms with Gasteiger partial charge in [-0.2, -0.15) is 0 Å². The molecule has 0 saturated heterocycles. The normalized spacial score (nSPS) is 11.6. The molecule has 38 heavy (non-hydrogen) atoms. The number of hydrogen-bond acceptors (Lipinski definition) is 6. The summed E-state index contributed by atoms with van der Waals surface area (Å²) in [7, 11) is 1.63. The minimum Gasteiger partial charge on any atom is -0.497 e. The van der Waals surface area contributed by atoms with Gasteiger partial charge in [-0.05, 0) is 61.2 Å². The van der Waals surface area contributed by atoms with E-state index in [-0.39, 0.29) is 12.3 Å². The van der Waals surface area contributed by atoms with E-state index < -0.39 is 12.0 Å². The number of rotatable bonds is 10. The lowest BCUT2D eigenvalue weighted by atomic mass is 9.98. The Morgan fingerprint density at radius 2 is 1.71 bits per heavy atom. The van der Waals surface area contributed by atoms with E-state index in [9.17, 15) is 14.7 Å². The SMILES string of the molecule is COc1ccnc(NCc2ccc(-c3ccc(CC(NC(=O)c4c(C)cc(C)cc4C)C(=O)O)cc3)s2)c1. The van der Waals surface area contributed by atoms with E-state index in [4.69, 9.17) is 4.74 Å². The van der Waals surface area contributed by atoms with Crippen LogP contribution in [0.5, 0.6) is 5.75 Å². The van der Waals surface area contributed by atoms with Gasteiger partial charge < -0.3 is 20.5 Å². The molecule has 1 amide bonds. The van der Waals surface area contributed by atoms with E-state index in [1.165, 1.54) is 0 Å². The molecule has 2 aromatic heterocycles. The fourth-order valence-corrected chi connectivity index (χ4v) is 5.40. The van der Waals surface area contributed by atoms with Gasteiger partial charge in [-0.3, -0.25) is 4.79 Å². The molecule has 0 aliphatic carbocycles. The summed E-state index contributed by atoms with van der Waals surface area (Å²) in [4.78, 5) is 31.5. The maximum absolute atomic E-state index is 12.9. The number of carbonyl (C=O) groups is 2. The number of nitrogens with zero attached hydrogens (tertiary/aromatic N) is 1. The van der Waals surface area contributed by atoms with E-state index >= 15 is 0 Å². The minimum atomic E-state index is -1.06. The summed E-state index contributed by atoms with van der Waals surface area (Å²) < 4.78 is 5.24. The summed E-state index contributed by atoms with van der Waals surface area (Å²) in [5, 5.41) is 15.8. The summed E-state index contributed by atoms with van der Waals surface area (Å²) in [6.45, 7) is 6.35. The van der Waals surface area contributed by atoms with Crippen molar-refractivity contribution in [3.8, 4) is 16.2 Å². The van der Waals surface area contributed by atoms with Crippen molar-refractivity contribution in [1.29, 1.82) is 0 Å². The van der Waals surface area contributed by atoms with E-state index in [0.29, 0.717) is 12.1 Å². The lowest BCUT2D eigenvalue weighted by molar-refractivity contribution is -0.139. The number of thiophene rings is 1. The largest absolute Gasteiger partial charge is 0.497 e. The number of carboxylic acid groups (broad SMARTS) is 1. The zero-order chi connectivity index (χ0) is 27.2. The summed E-state index contributed by atoms with van der Waals surface area (Å²) in [6, 6.07) is 18.4. The Hall–Kier alpha value is -4.17. The number of carbonyl (C=O) groups excluding carboxylic acids is 1. The minimum absolute atomic E-state index is 0.193. The van der Waals surface area contributed by atoms with Crippen molar-refractivity contribution in [1.82, 2.24) is 10.3 Å². The van der Waals surface area contributed by atoms with Crippen molar-refractivity contribution >= 4 is 29.0 Å². The highest BCUT2D eigenvalue weighted by Gasteiger charge is 2.23. The molecule has 0 fully saturated rings. The molecule has 7 nitrogen and oxygen atoms in total. The molecule has 8 heteroatoms. The van der Waals surface area contributed by atoms with Crippen LogP contribution in [0, 0.1) is 20.8 Å². The molecule has 0 radical (unpaired) electrons. The highest BCUT2D eigenvalue weighted by atomic mass is 32.1. The molecule has 0 bridgehead atoms. The molecule has 1 atom stereocenters. The van der Waals surface area contributed by atoms with Crippen molar-refractivity contribution in [2.75, 3.05) is 12.4 Å². The molecule has 4 rings (SSSR count). The van der Waals surface area contributed by atoms with Gasteiger partial charge in [-0.1, -0.05) is 42.0 Å². The monoisotopic (exact) mass is 529 g/mol. The summed E-state index contributed by atoms with van der Waals surface area (Å²) in [5.74, 6) is 0.0645. The van der Waals surface area contributed by atoms with Gasteiger partial charge in [0.15, 0.2) is 0 Å². The topological polar surface area (TPSA) is 101 Å². The van der Waals surface area contributed by atoms with Gasteiger partial charge in [0, 0.05) is 34.0 Å². The summed E-state index contributed by atoms with van der Waals surface area (Å²) in [6.07, 6.45) is 1.89. The van der Waals surface area contributed by atoms with Crippen LogP contribution in [0.1, 0.15) is 37.5 Å². The lowest BCUT2D eigenvalue weighted by Gasteiger charge is -2.17. The first-order valence-corrected chi connectivity index (χ1v) is 13.1. The van der Waals surface area contributed by atoms with E-state index in [1.807, 2.05) is 63.2 Å². The number of aryl methyl sites for hydroxylation is 3. The second-order valence-electron chi connectivity index (χ2n) is 9.24. The average molecular weight is 530 g/mol. The first-order chi connectivity index (χ1) is 18.2. The molecule has 196 valence electrons. The number of benzene rings is 2. The molecule has 0 aliphatic heterocycles. The van der Waals surface area contributed by atoms with E-state index in [2.05, 4.69) is 27.8 Å². The van der Waals surface area contributed by atoms with E-state index in [1.54, 1.807) is 30.7 Å². The van der Waals surface area contributed by atoms with Gasteiger partial charge in [0.2, 0.25) is 0 Å². The zero-order valence-corrected chi connectivity index (χ0v) is 22.7. The van der Waals surface area contributed by atoms with Crippen LogP contribution in [0.15, 0.2) is 66.9 Å². The van der Waals surface area contributed by atoms with Crippen molar-refractivity contribution in [3.63, 3.8) is 0 Å². The van der Waals surface area contributed by atoms with Crippen LogP contribution in [0.4, 0.5) is 5.82 Å². The third kappa shape index (κ3) is 6.58. The number of anilines is 1. The molecule has 1 unspecified atom stereocenters. The van der Waals surface area contributed by atoms with Gasteiger partial charge in [0.05, 0.1) is 13.7 Å². The number of ether oxygens (including phenoxy) is 1. The first kappa shape index (κ1) is 26.9. The second-order valence-corrected chi connectivity index (χ2v) is 10.4. The molecule has 0 aliphatic rings. The predicted octanol–water partition coefficient (Wildman–Crippen LogP) is 5.78. The Labute approximate surface area is 226 Å². The number of amides is 1. The number of nitrogens with one attached hydrogen (secondary N) is 2. The smallest absolute Gasteiger partial charge is 0.326 e. The number of pyridine rings is 1. The van der Waals surface area contributed by atoms with Crippen LogP contribution >= 0.6 is 11.3 Å². The Kier molecular flexibility index (Phi) is 8.43. The quantitative estimate of drug-likeness (QED) is 0.241. The second kappa shape index (κ2) is 11.9. The third-order valence-electron chi connectivity index (χ3n) is 6.26. The van der Waals surface area contributed by atoms with Crippen LogP contribution in [-0.4, -0.2) is 35.1 Å². The number of carboxylic acids is 1. The van der Waals surface area contributed by atoms with Crippen molar-refractivity contribution in [2.24, 2.45) is 0 Å². The lowest BCUT2D eigenvalue weighted by Crippen LogP contribution is -2.42. The Bertz CT molecular complexity index is 1420. The van der Waals surface area contributed by atoms with Gasteiger partial charge in [0.1, 0.15) is 17.6 Å². The highest BCUT2D eigenvalue weighted by molar-refractivity contribution is 7.15. The zero-order valence-electron chi connectivity index (χ0n) is 21.9. The summed E-state index contributed by atoms with van der Waals surface area (Å²) >= 11 is 1.68. The molecular formula is C30H31N3O4S. The van der Waals surface area contributed by atoms with Crippen LogP contribution < -0.4 is 15.4 Å². The number of methoxy groups -OCH3 is 1. The number of hydrogen-bond donors (Lipinski definition) is 3. The molecule has 2 heterocycles. The molecule has 4 aromatic rings. The molecule has 2 aromatic carbocycles. The average Bonchev–Trinajstić information content (AvgIpc) is 3.36. The molecule has 0 saturated carbocycles. The maximum atomic E-state index is 12.9. The Morgan fingerprint density at radius 3 is 2.37 bits per heavy atom. The van der Waals surface area contributed by atoms with Gasteiger partial charge >= 0.3 is 5.97 Å². The van der Waals surface area contributed by atoms with Crippen molar-refractivity contribution < 1.29 is 19.4 Å². The van der Waals surface area contributed by atoms with Crippen LogP contribution in [0.25, 0.3) is 10.4 Å². The van der Waals surface area contributed by atoms with Gasteiger partial charge in [-0.25, -0.2) is 9.78 Å². The molecule has 0 spiro atoms. The van der Waals surface area contributed by atoms with Gasteiger partial charge in [0.25, 0.3) is 5.91 Å². The van der Waals surface area contributed by atoms with Crippen LogP contribution in [0.3, 0.4) is 0 Å². The number of aromatic nitrogens is 1. The summed E-state index contributed by atoms with van der Waals surface area (Å²) in [5.41, 5.74) is 5.14. The standard InChI is InChI=1S/C30H31N3O4S/c1-18-13-19(2)28(20(3)14-18)29(34)33-25(30(35)36)15-21-5-7-22(8-6-21)26-10-9-24(38-26)17-32-27-16-23(37-4)11-12-31-27/h5-14,16,25H,15,17H2,1-4H3,(H,31,32)(H,33,34)(H,35,36). The van der Waals surface area contributed by atoms with Gasteiger partial charge in [-0.15, -0.1) is 11.3 Å². The fourth-order valence-electron chi connectivity index (χ4n) is 4.45. The Balaban J connectivity index is 1.39. The molecule has 3 N–H and O–H groups in total. The predicted molar refractivity (Wildman–Crippen MR) is 151 cm³/mol. The van der Waals surface area contributed by atoms with Crippen LogP contribution in [-0.2, 0) is 17.8 Å². The number of aliphatic carboxylic acids is 1. The van der Waals surface area contributed by atoms with Crippen LogP contribution in [0.2, 0.25) is 0 Å². The highest BCUT2D eigenvalue weighted by Crippen LogP contribution is 2.29. The molecular weight excluding hydrogens is 498 g/mol. The first-order valence-electron chi connectivity index (χ1n) is 12.3. The third-order valence-corrected chi connectivity index (χ3v) is 7.39. The Morgan fingerprint density at radius 1 is 1.00 bits per heavy atom. The van der Waals surface area contributed by atoms with Crippen molar-refractivity contribution in [3.05, 3.63) is 99.6 Å².